The van der Waals surface area contributed by atoms with Crippen molar-refractivity contribution in [2.75, 3.05) is 18.4 Å². The second-order valence-corrected chi connectivity index (χ2v) is 7.81. The van der Waals surface area contributed by atoms with E-state index < -0.39 is 0 Å². The first-order valence-electron chi connectivity index (χ1n) is 9.77. The zero-order valence-electron chi connectivity index (χ0n) is 16.2. The van der Waals surface area contributed by atoms with Gasteiger partial charge in [0.2, 0.25) is 11.8 Å². The van der Waals surface area contributed by atoms with E-state index in [1.165, 1.54) is 17.3 Å². The number of piperidine rings is 1. The first-order chi connectivity index (χ1) is 13.5. The van der Waals surface area contributed by atoms with Gasteiger partial charge in [-0.15, -0.1) is 0 Å². The molecule has 1 aromatic heterocycles. The van der Waals surface area contributed by atoms with E-state index in [1.54, 1.807) is 12.1 Å². The van der Waals surface area contributed by atoms with Crippen LogP contribution < -0.4 is 5.32 Å². The fourth-order valence-corrected chi connectivity index (χ4v) is 3.56. The maximum atomic E-state index is 12.6. The van der Waals surface area contributed by atoms with Crippen LogP contribution in [0.3, 0.4) is 0 Å². The summed E-state index contributed by atoms with van der Waals surface area (Å²) in [6.45, 7) is 3.27. The minimum absolute atomic E-state index is 0.0908. The van der Waals surface area contributed by atoms with Crippen molar-refractivity contribution in [2.24, 2.45) is 5.92 Å². The molecule has 1 atom stereocenters. The van der Waals surface area contributed by atoms with E-state index in [1.807, 2.05) is 4.90 Å². The van der Waals surface area contributed by atoms with Crippen LogP contribution in [0.1, 0.15) is 36.8 Å². The highest BCUT2D eigenvalue weighted by Gasteiger charge is 2.28. The van der Waals surface area contributed by atoms with Crippen molar-refractivity contribution in [3.05, 3.63) is 58.7 Å². The number of carbonyl (C=O) groups excluding carboxylic acids is 2. The summed E-state index contributed by atoms with van der Waals surface area (Å²) in [5, 5.41) is 3.35. The lowest BCUT2D eigenvalue weighted by Crippen LogP contribution is -2.43. The molecular weight excluding hydrogens is 374 g/mol. The Hall–Kier alpha value is -2.40. The predicted octanol–water partition coefficient (Wildman–Crippen LogP) is 4.24. The Morgan fingerprint density at radius 2 is 2.00 bits per heavy atom. The quantitative estimate of drug-likeness (QED) is 0.790. The number of nitrogens with one attached hydrogen (secondary N) is 1. The summed E-state index contributed by atoms with van der Waals surface area (Å²) in [6.07, 6.45) is 5.36. The normalized spacial score (nSPS) is 16.6. The van der Waals surface area contributed by atoms with Crippen molar-refractivity contribution in [3.63, 3.8) is 0 Å². The van der Waals surface area contributed by atoms with E-state index in [0.29, 0.717) is 23.8 Å². The summed E-state index contributed by atoms with van der Waals surface area (Å²) in [4.78, 5) is 31.0. The summed E-state index contributed by atoms with van der Waals surface area (Å²) in [7, 11) is 0. The Morgan fingerprint density at radius 3 is 2.71 bits per heavy atom. The van der Waals surface area contributed by atoms with Crippen LogP contribution in [0.25, 0.3) is 0 Å². The molecule has 28 heavy (non-hydrogen) atoms. The lowest BCUT2D eigenvalue weighted by atomic mass is 9.96. The number of hydrogen-bond donors (Lipinski definition) is 1. The summed E-state index contributed by atoms with van der Waals surface area (Å²) in [6, 6.07) is 11.8. The van der Waals surface area contributed by atoms with Gasteiger partial charge in [0.15, 0.2) is 0 Å². The van der Waals surface area contributed by atoms with Crippen molar-refractivity contribution in [3.8, 4) is 0 Å². The Balaban J connectivity index is 1.46. The van der Waals surface area contributed by atoms with Gasteiger partial charge in [-0.1, -0.05) is 41.4 Å². The van der Waals surface area contributed by atoms with E-state index >= 15 is 0 Å². The minimum Gasteiger partial charge on any atom is -0.342 e. The lowest BCUT2D eigenvalue weighted by molar-refractivity contribution is -0.134. The van der Waals surface area contributed by atoms with Crippen LogP contribution in [-0.2, 0) is 16.0 Å². The number of hydrogen-bond acceptors (Lipinski definition) is 3. The van der Waals surface area contributed by atoms with Gasteiger partial charge in [0.05, 0.1) is 10.9 Å². The molecule has 0 bridgehead atoms. The fraction of sp³-hybridized carbons (Fsp3) is 0.409. The highest BCUT2D eigenvalue weighted by molar-refractivity contribution is 6.30. The molecule has 0 aliphatic carbocycles. The number of benzene rings is 1. The summed E-state index contributed by atoms with van der Waals surface area (Å²) in [5.41, 5.74) is 2.50. The van der Waals surface area contributed by atoms with Gasteiger partial charge in [0, 0.05) is 25.7 Å². The maximum absolute atomic E-state index is 12.6. The Morgan fingerprint density at radius 1 is 1.21 bits per heavy atom. The third-order valence-corrected chi connectivity index (χ3v) is 5.32. The van der Waals surface area contributed by atoms with E-state index in [2.05, 4.69) is 41.5 Å². The molecule has 5 nitrogen and oxygen atoms in total. The number of aryl methyl sites for hydroxylation is 2. The van der Waals surface area contributed by atoms with Gasteiger partial charge in [-0.3, -0.25) is 9.59 Å². The Bertz CT molecular complexity index is 806. The van der Waals surface area contributed by atoms with Crippen LogP contribution in [0.4, 0.5) is 5.82 Å². The largest absolute Gasteiger partial charge is 0.342 e. The number of nitrogens with zero attached hydrogens (tertiary/aromatic N) is 2. The zero-order valence-corrected chi connectivity index (χ0v) is 16.9. The van der Waals surface area contributed by atoms with Crippen molar-refractivity contribution < 1.29 is 9.59 Å². The number of rotatable bonds is 6. The third-order valence-electron chi connectivity index (χ3n) is 5.10. The van der Waals surface area contributed by atoms with Gasteiger partial charge in [-0.2, -0.15) is 0 Å². The molecule has 1 aliphatic heterocycles. The lowest BCUT2D eigenvalue weighted by Gasteiger charge is -2.32. The number of pyridine rings is 1. The van der Waals surface area contributed by atoms with Crippen LogP contribution in [0.15, 0.2) is 42.6 Å². The molecule has 0 spiro atoms. The number of carbonyl (C=O) groups is 2. The van der Waals surface area contributed by atoms with Crippen molar-refractivity contribution in [2.45, 2.75) is 39.0 Å². The minimum atomic E-state index is -0.202. The molecule has 1 N–H and O–H groups in total. The predicted molar refractivity (Wildman–Crippen MR) is 111 cm³/mol. The molecule has 148 valence electrons. The van der Waals surface area contributed by atoms with Crippen molar-refractivity contribution in [1.29, 1.82) is 0 Å². The van der Waals surface area contributed by atoms with Crippen molar-refractivity contribution >= 4 is 29.2 Å². The summed E-state index contributed by atoms with van der Waals surface area (Å²) in [5.74, 6) is 0.324. The Labute approximate surface area is 171 Å². The molecule has 1 aliphatic rings. The fourth-order valence-electron chi connectivity index (χ4n) is 3.45. The first-order valence-corrected chi connectivity index (χ1v) is 10.1. The molecule has 6 heteroatoms. The van der Waals surface area contributed by atoms with Gasteiger partial charge < -0.3 is 10.2 Å². The van der Waals surface area contributed by atoms with Crippen LogP contribution in [-0.4, -0.2) is 34.8 Å². The zero-order chi connectivity index (χ0) is 19.9. The van der Waals surface area contributed by atoms with Crippen LogP contribution >= 0.6 is 11.6 Å². The number of aromatic nitrogens is 1. The summed E-state index contributed by atoms with van der Waals surface area (Å²) >= 11 is 5.82. The number of halogens is 1. The van der Waals surface area contributed by atoms with Crippen LogP contribution in [0.5, 0.6) is 0 Å². The SMILES string of the molecule is Cc1ccc(CCCC(=O)N2CCCC(C(=O)Nc3ccc(Cl)cn3)C2)cc1. The number of amides is 2. The second-order valence-electron chi connectivity index (χ2n) is 7.37. The first kappa shape index (κ1) is 20.3. The third kappa shape index (κ3) is 5.80. The average Bonchev–Trinajstić information content (AvgIpc) is 2.71. The standard InChI is InChI=1S/C22H26ClN3O2/c1-16-7-9-17(10-8-16)4-2-6-21(27)26-13-3-5-18(15-26)22(28)25-20-12-11-19(23)14-24-20/h7-12,14,18H,2-6,13,15H2,1H3,(H,24,25,28). The highest BCUT2D eigenvalue weighted by atomic mass is 35.5. The molecule has 3 rings (SSSR count). The number of likely N-dealkylation sites (tertiary alicyclic amines) is 1. The topological polar surface area (TPSA) is 62.3 Å². The molecule has 2 heterocycles. The second kappa shape index (κ2) is 9.69. The molecule has 1 fully saturated rings. The molecule has 1 saturated heterocycles. The Kier molecular flexibility index (Phi) is 7.04. The molecular formula is C22H26ClN3O2. The smallest absolute Gasteiger partial charge is 0.230 e. The van der Waals surface area contributed by atoms with Crippen LogP contribution in [0.2, 0.25) is 5.02 Å². The highest BCUT2D eigenvalue weighted by Crippen LogP contribution is 2.20. The monoisotopic (exact) mass is 399 g/mol. The molecule has 0 saturated carbocycles. The average molecular weight is 400 g/mol. The van der Waals surface area contributed by atoms with E-state index in [0.717, 1.165) is 32.2 Å². The van der Waals surface area contributed by atoms with E-state index in [4.69, 9.17) is 11.6 Å². The van der Waals surface area contributed by atoms with Gasteiger partial charge in [-0.25, -0.2) is 4.98 Å². The number of anilines is 1. The van der Waals surface area contributed by atoms with Crippen molar-refractivity contribution in [1.82, 2.24) is 9.88 Å². The molecule has 2 aromatic rings. The van der Waals surface area contributed by atoms with Gasteiger partial charge in [0.1, 0.15) is 5.82 Å². The van der Waals surface area contributed by atoms with Gasteiger partial charge in [0.25, 0.3) is 0 Å². The van der Waals surface area contributed by atoms with E-state index in [-0.39, 0.29) is 17.7 Å². The molecule has 1 unspecified atom stereocenters. The van der Waals surface area contributed by atoms with Gasteiger partial charge in [-0.05, 0) is 50.3 Å². The van der Waals surface area contributed by atoms with Gasteiger partial charge >= 0.3 is 0 Å². The molecule has 0 radical (unpaired) electrons. The molecule has 2 amide bonds. The van der Waals surface area contributed by atoms with E-state index in [9.17, 15) is 9.59 Å². The van der Waals surface area contributed by atoms with Crippen LogP contribution in [0, 0.1) is 12.8 Å². The summed E-state index contributed by atoms with van der Waals surface area (Å²) < 4.78 is 0. The maximum Gasteiger partial charge on any atom is 0.230 e. The molecule has 1 aromatic carbocycles.